The van der Waals surface area contributed by atoms with Crippen LogP contribution in [0.4, 0.5) is 8.78 Å². The van der Waals surface area contributed by atoms with Gasteiger partial charge < -0.3 is 14.2 Å². The molecule has 4 nitrogen and oxygen atoms in total. The molecule has 0 N–H and O–H groups in total. The van der Waals surface area contributed by atoms with Crippen LogP contribution in [-0.4, -0.2) is 24.3 Å². The zero-order valence-corrected chi connectivity index (χ0v) is 11.5. The van der Waals surface area contributed by atoms with Crippen LogP contribution < -0.4 is 9.47 Å². The maximum absolute atomic E-state index is 13.6. The van der Waals surface area contributed by atoms with Gasteiger partial charge in [-0.3, -0.25) is 0 Å². The van der Waals surface area contributed by atoms with Gasteiger partial charge in [-0.25, -0.2) is 4.79 Å². The predicted molar refractivity (Wildman–Crippen MR) is 67.1 cm³/mol. The standard InChI is InChI=1S/C14H16F2O4/c1-4-18-12(17)14(15,16)19-10-7-5-6-9-8-13(2,3)20-11(9)10/h5-7H,4,8H2,1-3H3. The average Bonchev–Trinajstić information content (AvgIpc) is 2.64. The lowest BCUT2D eigenvalue weighted by atomic mass is 10.0. The first kappa shape index (κ1) is 14.6. The third-order valence-corrected chi connectivity index (χ3v) is 2.81. The molecule has 0 amide bonds. The van der Waals surface area contributed by atoms with Gasteiger partial charge >= 0.3 is 12.1 Å². The van der Waals surface area contributed by atoms with Crippen molar-refractivity contribution in [3.05, 3.63) is 23.8 Å². The van der Waals surface area contributed by atoms with E-state index in [2.05, 4.69) is 9.47 Å². The van der Waals surface area contributed by atoms with E-state index >= 15 is 0 Å². The largest absolute Gasteiger partial charge is 0.502 e. The highest BCUT2D eigenvalue weighted by Gasteiger charge is 2.45. The zero-order valence-electron chi connectivity index (χ0n) is 11.5. The van der Waals surface area contributed by atoms with Gasteiger partial charge in [-0.2, -0.15) is 8.78 Å². The minimum atomic E-state index is -4.04. The summed E-state index contributed by atoms with van der Waals surface area (Å²) in [5.41, 5.74) is 0.285. The van der Waals surface area contributed by atoms with Crippen molar-refractivity contribution in [2.24, 2.45) is 0 Å². The van der Waals surface area contributed by atoms with E-state index in [1.54, 1.807) is 12.1 Å². The summed E-state index contributed by atoms with van der Waals surface area (Å²) in [5.74, 6) is -1.62. The van der Waals surface area contributed by atoms with E-state index in [1.165, 1.54) is 13.0 Å². The predicted octanol–water partition coefficient (Wildman–Crippen LogP) is 2.93. The van der Waals surface area contributed by atoms with E-state index in [4.69, 9.17) is 4.74 Å². The second kappa shape index (κ2) is 4.92. The van der Waals surface area contributed by atoms with Crippen molar-refractivity contribution in [3.8, 4) is 11.5 Å². The van der Waals surface area contributed by atoms with Crippen molar-refractivity contribution < 1.29 is 27.8 Å². The molecule has 0 saturated heterocycles. The van der Waals surface area contributed by atoms with Crippen molar-refractivity contribution in [3.63, 3.8) is 0 Å². The lowest BCUT2D eigenvalue weighted by molar-refractivity contribution is -0.216. The molecule has 1 aromatic rings. The van der Waals surface area contributed by atoms with Gasteiger partial charge in [0.15, 0.2) is 11.5 Å². The first-order valence-electron chi connectivity index (χ1n) is 6.30. The molecule has 0 fully saturated rings. The number of rotatable bonds is 4. The molecule has 0 saturated carbocycles. The molecule has 0 aromatic heterocycles. The van der Waals surface area contributed by atoms with Gasteiger partial charge in [0, 0.05) is 12.0 Å². The van der Waals surface area contributed by atoms with E-state index in [-0.39, 0.29) is 18.1 Å². The third-order valence-electron chi connectivity index (χ3n) is 2.81. The molecule has 0 aliphatic carbocycles. The lowest BCUT2D eigenvalue weighted by Crippen LogP contribution is -2.37. The molecule has 6 heteroatoms. The van der Waals surface area contributed by atoms with Crippen LogP contribution in [0.15, 0.2) is 18.2 Å². The summed E-state index contributed by atoms with van der Waals surface area (Å²) in [5, 5.41) is 0. The molecule has 0 atom stereocenters. The Hall–Kier alpha value is -1.85. The Labute approximate surface area is 115 Å². The van der Waals surface area contributed by atoms with E-state index in [1.807, 2.05) is 13.8 Å². The summed E-state index contributed by atoms with van der Waals surface area (Å²) in [6, 6.07) is 4.70. The monoisotopic (exact) mass is 286 g/mol. The lowest BCUT2D eigenvalue weighted by Gasteiger charge is -2.20. The van der Waals surface area contributed by atoms with Crippen LogP contribution in [0, 0.1) is 0 Å². The van der Waals surface area contributed by atoms with Crippen molar-refractivity contribution in [1.29, 1.82) is 0 Å². The fourth-order valence-electron chi connectivity index (χ4n) is 2.06. The Morgan fingerprint density at radius 1 is 1.45 bits per heavy atom. The first-order valence-corrected chi connectivity index (χ1v) is 6.30. The Bertz CT molecular complexity index is 526. The van der Waals surface area contributed by atoms with Gasteiger partial charge in [-0.1, -0.05) is 12.1 Å². The van der Waals surface area contributed by atoms with E-state index in [9.17, 15) is 13.6 Å². The molecule has 0 radical (unpaired) electrons. The number of carbonyl (C=O) groups is 1. The Morgan fingerprint density at radius 2 is 2.15 bits per heavy atom. The van der Waals surface area contributed by atoms with E-state index < -0.39 is 17.7 Å². The molecule has 2 rings (SSSR count). The fourth-order valence-corrected chi connectivity index (χ4v) is 2.06. The summed E-state index contributed by atoms with van der Waals surface area (Å²) >= 11 is 0. The minimum Gasteiger partial charge on any atom is -0.483 e. The van der Waals surface area contributed by atoms with Gasteiger partial charge in [0.25, 0.3) is 0 Å². The number of halogens is 2. The molecule has 1 aliphatic heterocycles. The van der Waals surface area contributed by atoms with Gasteiger partial charge in [-0.15, -0.1) is 0 Å². The maximum atomic E-state index is 13.6. The van der Waals surface area contributed by atoms with Crippen LogP contribution in [0.2, 0.25) is 0 Å². The van der Waals surface area contributed by atoms with Gasteiger partial charge in [0.1, 0.15) is 5.60 Å². The molecule has 0 bridgehead atoms. The average molecular weight is 286 g/mol. The van der Waals surface area contributed by atoms with Crippen LogP contribution in [0.25, 0.3) is 0 Å². The third kappa shape index (κ3) is 2.84. The number of benzene rings is 1. The number of hydrogen-bond donors (Lipinski definition) is 0. The maximum Gasteiger partial charge on any atom is 0.502 e. The number of ether oxygens (including phenoxy) is 3. The fraction of sp³-hybridized carbons (Fsp3) is 0.500. The van der Waals surface area contributed by atoms with Crippen molar-refractivity contribution in [2.45, 2.75) is 38.9 Å². The second-order valence-electron chi connectivity index (χ2n) is 5.12. The smallest absolute Gasteiger partial charge is 0.483 e. The number of hydrogen-bond acceptors (Lipinski definition) is 4. The SMILES string of the molecule is CCOC(=O)C(F)(F)Oc1cccc2c1OC(C)(C)C2. The second-order valence-corrected chi connectivity index (χ2v) is 5.12. The number of alkyl halides is 2. The van der Waals surface area contributed by atoms with Gasteiger partial charge in [-0.05, 0) is 26.8 Å². The summed E-state index contributed by atoms with van der Waals surface area (Å²) in [4.78, 5) is 11.2. The number of para-hydroxylation sites is 1. The normalized spacial score (nSPS) is 16.2. The van der Waals surface area contributed by atoms with E-state index in [0.717, 1.165) is 5.56 Å². The zero-order chi connectivity index (χ0) is 15.0. The highest BCUT2D eigenvalue weighted by atomic mass is 19.3. The molecular weight excluding hydrogens is 270 g/mol. The molecular formula is C14H16F2O4. The van der Waals surface area contributed by atoms with Crippen molar-refractivity contribution in [2.75, 3.05) is 6.61 Å². The Kier molecular flexibility index (Phi) is 3.58. The molecule has 1 aliphatic rings. The first-order chi connectivity index (χ1) is 9.25. The Balaban J connectivity index is 2.24. The topological polar surface area (TPSA) is 44.8 Å². The number of carbonyl (C=O) groups excluding carboxylic acids is 1. The van der Waals surface area contributed by atoms with Crippen LogP contribution in [0.3, 0.4) is 0 Å². The highest BCUT2D eigenvalue weighted by molar-refractivity contribution is 5.76. The molecule has 0 unspecified atom stereocenters. The van der Waals surface area contributed by atoms with Crippen LogP contribution in [0.5, 0.6) is 11.5 Å². The van der Waals surface area contributed by atoms with Gasteiger partial charge in [0.05, 0.1) is 6.61 Å². The van der Waals surface area contributed by atoms with Gasteiger partial charge in [0.2, 0.25) is 0 Å². The minimum absolute atomic E-state index is 0.145. The molecule has 1 heterocycles. The summed E-state index contributed by atoms with van der Waals surface area (Å²) in [6.07, 6.45) is -3.45. The molecule has 20 heavy (non-hydrogen) atoms. The summed E-state index contributed by atoms with van der Waals surface area (Å²) in [6.45, 7) is 4.99. The summed E-state index contributed by atoms with van der Waals surface area (Å²) in [7, 11) is 0. The van der Waals surface area contributed by atoms with E-state index in [0.29, 0.717) is 6.42 Å². The van der Waals surface area contributed by atoms with Crippen molar-refractivity contribution in [1.82, 2.24) is 0 Å². The molecule has 1 aromatic carbocycles. The molecule has 0 spiro atoms. The molecule has 110 valence electrons. The van der Waals surface area contributed by atoms with Crippen LogP contribution in [0.1, 0.15) is 26.3 Å². The quantitative estimate of drug-likeness (QED) is 0.798. The highest BCUT2D eigenvalue weighted by Crippen LogP contribution is 2.43. The number of esters is 1. The van der Waals surface area contributed by atoms with Crippen LogP contribution in [-0.2, 0) is 16.0 Å². The summed E-state index contributed by atoms with van der Waals surface area (Å²) < 4.78 is 41.6. The Morgan fingerprint density at radius 3 is 2.80 bits per heavy atom. The van der Waals surface area contributed by atoms with Crippen molar-refractivity contribution >= 4 is 5.97 Å². The van der Waals surface area contributed by atoms with Crippen LogP contribution >= 0.6 is 0 Å². The number of fused-ring (bicyclic) bond motifs is 1.